The normalized spacial score (nSPS) is 23.8. The molecular weight excluding hydrogens is 234 g/mol. The predicted octanol–water partition coefficient (Wildman–Crippen LogP) is 2.70. The van der Waals surface area contributed by atoms with Crippen LogP contribution in [0.4, 0.5) is 5.82 Å². The highest BCUT2D eigenvalue weighted by Crippen LogP contribution is 2.41. The molecule has 1 aromatic heterocycles. The first-order valence-corrected chi connectivity index (χ1v) is 7.53. The van der Waals surface area contributed by atoms with E-state index in [1.54, 1.807) is 0 Å². The molecule has 3 heterocycles. The van der Waals surface area contributed by atoms with Gasteiger partial charge in [-0.05, 0) is 69.8 Å². The van der Waals surface area contributed by atoms with Crippen LogP contribution in [0, 0.1) is 12.3 Å². The van der Waals surface area contributed by atoms with Gasteiger partial charge >= 0.3 is 0 Å². The first-order chi connectivity index (χ1) is 9.17. The summed E-state index contributed by atoms with van der Waals surface area (Å²) in [4.78, 5) is 9.50. The predicted molar refractivity (Wildman–Crippen MR) is 79.6 cm³/mol. The summed E-state index contributed by atoms with van der Waals surface area (Å²) in [6.45, 7) is 7.02. The lowest BCUT2D eigenvalue weighted by Crippen LogP contribution is -2.46. The lowest BCUT2D eigenvalue weighted by molar-refractivity contribution is 0.0943. The monoisotopic (exact) mass is 259 g/mol. The van der Waals surface area contributed by atoms with Gasteiger partial charge in [-0.2, -0.15) is 0 Å². The SMILES string of the molecule is Cc1ccc(N2CCC3(CCN(C)CC3)CC2)nc1. The fourth-order valence-corrected chi connectivity index (χ4v) is 3.45. The number of hydrogen-bond acceptors (Lipinski definition) is 3. The molecule has 3 rings (SSSR count). The second-order valence-corrected chi connectivity index (χ2v) is 6.48. The largest absolute Gasteiger partial charge is 0.357 e. The highest BCUT2D eigenvalue weighted by molar-refractivity contribution is 5.39. The molecule has 3 nitrogen and oxygen atoms in total. The van der Waals surface area contributed by atoms with E-state index in [2.05, 4.69) is 40.9 Å². The number of likely N-dealkylation sites (tertiary alicyclic amines) is 1. The van der Waals surface area contributed by atoms with E-state index in [-0.39, 0.29) is 0 Å². The van der Waals surface area contributed by atoms with Crippen molar-refractivity contribution in [1.82, 2.24) is 9.88 Å². The molecule has 0 aromatic carbocycles. The van der Waals surface area contributed by atoms with Crippen LogP contribution < -0.4 is 4.90 Å². The van der Waals surface area contributed by atoms with Gasteiger partial charge in [-0.15, -0.1) is 0 Å². The molecule has 0 bridgehead atoms. The summed E-state index contributed by atoms with van der Waals surface area (Å²) in [5, 5.41) is 0. The van der Waals surface area contributed by atoms with E-state index in [9.17, 15) is 0 Å². The Bertz CT molecular complexity index is 408. The Morgan fingerprint density at radius 2 is 1.63 bits per heavy atom. The van der Waals surface area contributed by atoms with Crippen LogP contribution in [0.3, 0.4) is 0 Å². The third-order valence-corrected chi connectivity index (χ3v) is 5.09. The second kappa shape index (κ2) is 5.12. The molecular formula is C16H25N3. The van der Waals surface area contributed by atoms with Crippen LogP contribution >= 0.6 is 0 Å². The van der Waals surface area contributed by atoms with Gasteiger partial charge in [0.05, 0.1) is 0 Å². The van der Waals surface area contributed by atoms with Crippen LogP contribution in [0.5, 0.6) is 0 Å². The topological polar surface area (TPSA) is 19.4 Å². The Labute approximate surface area is 116 Å². The summed E-state index contributed by atoms with van der Waals surface area (Å²) in [6.07, 6.45) is 7.44. The highest BCUT2D eigenvalue weighted by atomic mass is 15.2. The molecule has 1 spiro atoms. The number of piperidine rings is 2. The minimum atomic E-state index is 0.633. The van der Waals surface area contributed by atoms with E-state index in [4.69, 9.17) is 0 Å². The fraction of sp³-hybridized carbons (Fsp3) is 0.688. The van der Waals surface area contributed by atoms with Crippen LogP contribution in [0.25, 0.3) is 0 Å². The minimum absolute atomic E-state index is 0.633. The molecule has 2 aliphatic rings. The second-order valence-electron chi connectivity index (χ2n) is 6.48. The Hall–Kier alpha value is -1.09. The van der Waals surface area contributed by atoms with Gasteiger partial charge in [0.1, 0.15) is 5.82 Å². The molecule has 2 aliphatic heterocycles. The number of nitrogens with zero attached hydrogens (tertiary/aromatic N) is 3. The number of aryl methyl sites for hydroxylation is 1. The van der Waals surface area contributed by atoms with E-state index in [0.29, 0.717) is 5.41 Å². The van der Waals surface area contributed by atoms with Gasteiger partial charge in [0.15, 0.2) is 0 Å². The first-order valence-electron chi connectivity index (χ1n) is 7.53. The van der Waals surface area contributed by atoms with Crippen molar-refractivity contribution in [3.05, 3.63) is 23.9 Å². The molecule has 0 radical (unpaired) electrons. The van der Waals surface area contributed by atoms with Crippen molar-refractivity contribution in [2.75, 3.05) is 38.1 Å². The third kappa shape index (κ3) is 2.76. The van der Waals surface area contributed by atoms with E-state index in [0.717, 1.165) is 5.82 Å². The molecule has 104 valence electrons. The van der Waals surface area contributed by atoms with Crippen molar-refractivity contribution in [3.8, 4) is 0 Å². The Kier molecular flexibility index (Phi) is 3.48. The van der Waals surface area contributed by atoms with Gasteiger partial charge in [-0.1, -0.05) is 6.07 Å². The lowest BCUT2D eigenvalue weighted by atomic mass is 9.71. The summed E-state index contributed by atoms with van der Waals surface area (Å²) in [5.74, 6) is 1.16. The fourth-order valence-electron chi connectivity index (χ4n) is 3.45. The summed E-state index contributed by atoms with van der Waals surface area (Å²) < 4.78 is 0. The van der Waals surface area contributed by atoms with Crippen LogP contribution in [-0.2, 0) is 0 Å². The lowest BCUT2D eigenvalue weighted by Gasteiger charge is -2.46. The number of pyridine rings is 1. The third-order valence-electron chi connectivity index (χ3n) is 5.09. The van der Waals surface area contributed by atoms with Gasteiger partial charge in [-0.25, -0.2) is 4.98 Å². The molecule has 3 heteroatoms. The Morgan fingerprint density at radius 3 is 2.21 bits per heavy atom. The van der Waals surface area contributed by atoms with Crippen LogP contribution in [0.15, 0.2) is 18.3 Å². The zero-order valence-corrected chi connectivity index (χ0v) is 12.2. The Morgan fingerprint density at radius 1 is 1.00 bits per heavy atom. The van der Waals surface area contributed by atoms with Crippen molar-refractivity contribution >= 4 is 5.82 Å². The quantitative estimate of drug-likeness (QED) is 0.773. The molecule has 0 saturated carbocycles. The molecule has 0 atom stereocenters. The van der Waals surface area contributed by atoms with Crippen molar-refractivity contribution in [2.45, 2.75) is 32.6 Å². The van der Waals surface area contributed by atoms with Gasteiger partial charge < -0.3 is 9.80 Å². The first kappa shape index (κ1) is 12.9. The summed E-state index contributed by atoms with van der Waals surface area (Å²) in [7, 11) is 2.25. The van der Waals surface area contributed by atoms with E-state index in [1.807, 2.05) is 6.20 Å². The van der Waals surface area contributed by atoms with E-state index >= 15 is 0 Å². The van der Waals surface area contributed by atoms with Crippen LogP contribution in [0.2, 0.25) is 0 Å². The van der Waals surface area contributed by atoms with E-state index in [1.165, 1.54) is 57.4 Å². The van der Waals surface area contributed by atoms with Gasteiger partial charge in [-0.3, -0.25) is 0 Å². The molecule has 2 saturated heterocycles. The minimum Gasteiger partial charge on any atom is -0.357 e. The molecule has 0 aliphatic carbocycles. The zero-order valence-electron chi connectivity index (χ0n) is 12.2. The average molecular weight is 259 g/mol. The Balaban J connectivity index is 1.61. The number of rotatable bonds is 1. The van der Waals surface area contributed by atoms with Crippen molar-refractivity contribution in [2.24, 2.45) is 5.41 Å². The van der Waals surface area contributed by atoms with Gasteiger partial charge in [0.25, 0.3) is 0 Å². The average Bonchev–Trinajstić information content (AvgIpc) is 2.44. The number of aromatic nitrogens is 1. The molecule has 0 unspecified atom stereocenters. The van der Waals surface area contributed by atoms with Crippen molar-refractivity contribution < 1.29 is 0 Å². The van der Waals surface area contributed by atoms with Gasteiger partial charge in [0.2, 0.25) is 0 Å². The number of anilines is 1. The zero-order chi connectivity index (χ0) is 13.3. The standard InChI is InChI=1S/C16H25N3/c1-14-3-4-15(17-13-14)19-11-7-16(8-12-19)5-9-18(2)10-6-16/h3-4,13H,5-12H2,1-2H3. The van der Waals surface area contributed by atoms with Crippen molar-refractivity contribution in [3.63, 3.8) is 0 Å². The molecule has 0 amide bonds. The highest BCUT2D eigenvalue weighted by Gasteiger charge is 2.36. The molecule has 2 fully saturated rings. The van der Waals surface area contributed by atoms with Gasteiger partial charge in [0, 0.05) is 19.3 Å². The smallest absolute Gasteiger partial charge is 0.128 e. The summed E-state index contributed by atoms with van der Waals surface area (Å²) in [6, 6.07) is 4.34. The van der Waals surface area contributed by atoms with Crippen molar-refractivity contribution in [1.29, 1.82) is 0 Å². The van der Waals surface area contributed by atoms with E-state index < -0.39 is 0 Å². The molecule has 19 heavy (non-hydrogen) atoms. The maximum atomic E-state index is 4.57. The maximum absolute atomic E-state index is 4.57. The van der Waals surface area contributed by atoms with Crippen LogP contribution in [0.1, 0.15) is 31.2 Å². The van der Waals surface area contributed by atoms with Crippen LogP contribution in [-0.4, -0.2) is 43.1 Å². The molecule has 0 N–H and O–H groups in total. The summed E-state index contributed by atoms with van der Waals surface area (Å²) >= 11 is 0. The maximum Gasteiger partial charge on any atom is 0.128 e. The number of hydrogen-bond donors (Lipinski definition) is 0. The summed E-state index contributed by atoms with van der Waals surface area (Å²) in [5.41, 5.74) is 1.88. The molecule has 1 aromatic rings.